The Balaban J connectivity index is 1.46. The Bertz CT molecular complexity index is 898. The monoisotopic (exact) mass is 416 g/mol. The summed E-state index contributed by atoms with van der Waals surface area (Å²) in [6.07, 6.45) is 4.02. The first-order valence-electron chi connectivity index (χ1n) is 8.87. The molecule has 28 heavy (non-hydrogen) atoms. The second-order valence-corrected chi connectivity index (χ2v) is 8.59. The molecule has 3 heterocycles. The Kier molecular flexibility index (Phi) is 7.18. The number of pyridine rings is 1. The molecule has 0 aromatic carbocycles. The molecule has 3 aromatic heterocycles. The van der Waals surface area contributed by atoms with E-state index >= 15 is 0 Å². The van der Waals surface area contributed by atoms with Gasteiger partial charge in [-0.15, -0.1) is 11.3 Å². The van der Waals surface area contributed by atoms with E-state index in [1.807, 2.05) is 30.8 Å². The van der Waals surface area contributed by atoms with Crippen molar-refractivity contribution in [2.75, 3.05) is 25.6 Å². The zero-order chi connectivity index (χ0) is 19.9. The third-order valence-corrected chi connectivity index (χ3v) is 5.59. The zero-order valence-electron chi connectivity index (χ0n) is 16.3. The minimum Gasteiger partial charge on any atom is -0.450 e. The Morgan fingerprint density at radius 3 is 2.75 bits per heavy atom. The Morgan fingerprint density at radius 2 is 2.04 bits per heavy atom. The van der Waals surface area contributed by atoms with Crippen LogP contribution in [0.25, 0.3) is 0 Å². The van der Waals surface area contributed by atoms with Crippen LogP contribution in [-0.2, 0) is 18.7 Å². The summed E-state index contributed by atoms with van der Waals surface area (Å²) in [6.45, 7) is 2.81. The maximum absolute atomic E-state index is 6.02. The van der Waals surface area contributed by atoms with Crippen LogP contribution in [-0.4, -0.2) is 44.7 Å². The van der Waals surface area contributed by atoms with Gasteiger partial charge in [0.15, 0.2) is 11.6 Å². The molecule has 2 N–H and O–H groups in total. The quantitative estimate of drug-likeness (QED) is 0.530. The molecule has 0 aliphatic rings. The molecule has 0 aliphatic carbocycles. The second kappa shape index (κ2) is 9.81. The van der Waals surface area contributed by atoms with E-state index in [4.69, 9.17) is 10.5 Å². The fourth-order valence-electron chi connectivity index (χ4n) is 2.36. The van der Waals surface area contributed by atoms with E-state index < -0.39 is 0 Å². The topological polar surface area (TPSA) is 90.0 Å². The number of hydrogen-bond donors (Lipinski definition) is 1. The number of nitrogen functional groups attached to an aromatic ring is 1. The molecule has 0 aliphatic heterocycles. The zero-order valence-corrected chi connectivity index (χ0v) is 17.9. The van der Waals surface area contributed by atoms with Gasteiger partial charge in [-0.25, -0.2) is 15.0 Å². The number of anilines is 1. The summed E-state index contributed by atoms with van der Waals surface area (Å²) in [7, 11) is 4.10. The van der Waals surface area contributed by atoms with Gasteiger partial charge in [0, 0.05) is 35.5 Å². The van der Waals surface area contributed by atoms with Gasteiger partial charge in [0.25, 0.3) is 0 Å². The highest BCUT2D eigenvalue weighted by molar-refractivity contribution is 7.98. The van der Waals surface area contributed by atoms with E-state index in [2.05, 4.69) is 44.3 Å². The van der Waals surface area contributed by atoms with Gasteiger partial charge < -0.3 is 15.4 Å². The highest BCUT2D eigenvalue weighted by Crippen LogP contribution is 2.25. The van der Waals surface area contributed by atoms with Crippen LogP contribution in [0, 0.1) is 6.92 Å². The van der Waals surface area contributed by atoms with Crippen molar-refractivity contribution in [1.82, 2.24) is 24.8 Å². The average molecular weight is 417 g/mol. The van der Waals surface area contributed by atoms with Crippen LogP contribution in [0.4, 0.5) is 5.82 Å². The van der Waals surface area contributed by atoms with Crippen LogP contribution >= 0.6 is 23.1 Å². The number of thiazole rings is 1. The van der Waals surface area contributed by atoms with Crippen LogP contribution in [0.3, 0.4) is 0 Å². The lowest BCUT2D eigenvalue weighted by atomic mass is 10.4. The van der Waals surface area contributed by atoms with Crippen LogP contribution in [0.2, 0.25) is 0 Å². The van der Waals surface area contributed by atoms with E-state index in [1.54, 1.807) is 23.7 Å². The molecular weight excluding hydrogens is 392 g/mol. The van der Waals surface area contributed by atoms with Crippen molar-refractivity contribution < 1.29 is 4.74 Å². The minimum absolute atomic E-state index is 0.336. The standard InChI is InChI=1S/C19H24N6OS2/c1-13-4-5-15(8-21-13)26-16-9-22-17(24-19(16)20)6-7-27-11-14-12-28-18(23-14)10-25(2)3/h4-5,8-9,12H,6-7,10-11H2,1-3H3,(H2,20,22,24). The average Bonchev–Trinajstić information content (AvgIpc) is 3.09. The molecule has 148 valence electrons. The van der Waals surface area contributed by atoms with Crippen molar-refractivity contribution in [1.29, 1.82) is 0 Å². The molecule has 0 atom stereocenters. The van der Waals surface area contributed by atoms with Crippen LogP contribution in [0.5, 0.6) is 11.5 Å². The summed E-state index contributed by atoms with van der Waals surface area (Å²) in [6, 6.07) is 3.72. The predicted molar refractivity (Wildman–Crippen MR) is 115 cm³/mol. The maximum atomic E-state index is 6.02. The van der Waals surface area contributed by atoms with Gasteiger partial charge in [-0.3, -0.25) is 4.98 Å². The molecule has 0 spiro atoms. The van der Waals surface area contributed by atoms with Gasteiger partial charge in [-0.1, -0.05) is 0 Å². The summed E-state index contributed by atoms with van der Waals surface area (Å²) in [4.78, 5) is 19.7. The smallest absolute Gasteiger partial charge is 0.187 e. The molecule has 0 unspecified atom stereocenters. The molecule has 0 saturated carbocycles. The normalized spacial score (nSPS) is 11.1. The Morgan fingerprint density at radius 1 is 1.18 bits per heavy atom. The van der Waals surface area contributed by atoms with Crippen molar-refractivity contribution in [3.63, 3.8) is 0 Å². The van der Waals surface area contributed by atoms with Gasteiger partial charge in [0.05, 0.1) is 18.1 Å². The molecule has 7 nitrogen and oxygen atoms in total. The molecular formula is C19H24N6OS2. The first-order valence-corrected chi connectivity index (χ1v) is 10.9. The maximum Gasteiger partial charge on any atom is 0.187 e. The van der Waals surface area contributed by atoms with E-state index in [9.17, 15) is 0 Å². The lowest BCUT2D eigenvalue weighted by Gasteiger charge is -2.08. The van der Waals surface area contributed by atoms with Gasteiger partial charge in [-0.2, -0.15) is 11.8 Å². The molecule has 9 heteroatoms. The van der Waals surface area contributed by atoms with Crippen molar-refractivity contribution in [2.24, 2.45) is 0 Å². The van der Waals surface area contributed by atoms with E-state index in [-0.39, 0.29) is 0 Å². The number of nitrogens with two attached hydrogens (primary N) is 1. The minimum atomic E-state index is 0.336. The number of aromatic nitrogens is 4. The fraction of sp³-hybridized carbons (Fsp3) is 0.368. The molecule has 0 bridgehead atoms. The van der Waals surface area contributed by atoms with E-state index in [0.717, 1.165) is 40.9 Å². The molecule has 3 rings (SSSR count). The number of aryl methyl sites for hydroxylation is 2. The largest absolute Gasteiger partial charge is 0.450 e. The van der Waals surface area contributed by atoms with Gasteiger partial charge in [0.1, 0.15) is 16.6 Å². The van der Waals surface area contributed by atoms with Crippen LogP contribution < -0.4 is 10.5 Å². The number of nitrogens with zero attached hydrogens (tertiary/aromatic N) is 5. The van der Waals surface area contributed by atoms with Gasteiger partial charge in [-0.05, 0) is 33.2 Å². The first kappa shape index (κ1) is 20.5. The van der Waals surface area contributed by atoms with Crippen LogP contribution in [0.15, 0.2) is 29.9 Å². The van der Waals surface area contributed by atoms with E-state index in [0.29, 0.717) is 23.1 Å². The number of thioether (sulfide) groups is 1. The molecule has 0 saturated heterocycles. The lowest BCUT2D eigenvalue weighted by Crippen LogP contribution is -2.10. The Labute approximate surface area is 173 Å². The highest BCUT2D eigenvalue weighted by Gasteiger charge is 2.08. The Hall–Kier alpha value is -2.23. The third kappa shape index (κ3) is 6.15. The fourth-order valence-corrected chi connectivity index (χ4v) is 4.21. The SMILES string of the molecule is Cc1ccc(Oc2cnc(CCSCc3csc(CN(C)C)n3)nc2N)cn1. The summed E-state index contributed by atoms with van der Waals surface area (Å²) in [5.41, 5.74) is 8.08. The summed E-state index contributed by atoms with van der Waals surface area (Å²) < 4.78 is 5.70. The first-order chi connectivity index (χ1) is 13.5. The second-order valence-electron chi connectivity index (χ2n) is 6.55. The molecule has 3 aromatic rings. The molecule has 0 radical (unpaired) electrons. The third-order valence-electron chi connectivity index (χ3n) is 3.72. The number of hydrogen-bond acceptors (Lipinski definition) is 9. The summed E-state index contributed by atoms with van der Waals surface area (Å²) in [5.74, 6) is 3.90. The van der Waals surface area contributed by atoms with Gasteiger partial charge in [0.2, 0.25) is 0 Å². The summed E-state index contributed by atoms with van der Waals surface area (Å²) in [5, 5.41) is 3.28. The van der Waals surface area contributed by atoms with Crippen molar-refractivity contribution in [3.05, 3.63) is 52.1 Å². The van der Waals surface area contributed by atoms with Crippen LogP contribution in [0.1, 0.15) is 22.2 Å². The highest BCUT2D eigenvalue weighted by atomic mass is 32.2. The number of rotatable bonds is 9. The van der Waals surface area contributed by atoms with Crippen molar-refractivity contribution in [2.45, 2.75) is 25.6 Å². The van der Waals surface area contributed by atoms with E-state index in [1.165, 1.54) is 0 Å². The predicted octanol–water partition coefficient (Wildman–Crippen LogP) is 3.55. The number of ether oxygens (including phenoxy) is 1. The molecule has 0 amide bonds. The van der Waals surface area contributed by atoms with Crippen molar-refractivity contribution in [3.8, 4) is 11.5 Å². The molecule has 0 fully saturated rings. The van der Waals surface area contributed by atoms with Gasteiger partial charge >= 0.3 is 0 Å². The van der Waals surface area contributed by atoms with Crippen molar-refractivity contribution >= 4 is 28.9 Å². The summed E-state index contributed by atoms with van der Waals surface area (Å²) >= 11 is 3.53. The lowest BCUT2D eigenvalue weighted by molar-refractivity contribution is 0.401.